The van der Waals surface area contributed by atoms with Gasteiger partial charge in [0, 0.05) is 5.57 Å². The fourth-order valence-electron chi connectivity index (χ4n) is 1.32. The number of nitrogens with one attached hydrogen (secondary N) is 1. The number of amides is 2. The number of furan rings is 1. The van der Waals surface area contributed by atoms with Crippen LogP contribution < -0.4 is 5.32 Å². The van der Waals surface area contributed by atoms with Crippen molar-refractivity contribution in [3.8, 4) is 0 Å². The van der Waals surface area contributed by atoms with Gasteiger partial charge in [0.15, 0.2) is 0 Å². The van der Waals surface area contributed by atoms with Crippen molar-refractivity contribution in [3.63, 3.8) is 0 Å². The Balaban J connectivity index is 2.27. The average molecular weight is 191 g/mol. The Hall–Kier alpha value is -1.84. The van der Waals surface area contributed by atoms with E-state index in [1.807, 2.05) is 6.92 Å². The first kappa shape index (κ1) is 8.74. The highest BCUT2D eigenvalue weighted by molar-refractivity contribution is 6.15. The fourth-order valence-corrected chi connectivity index (χ4v) is 1.32. The zero-order chi connectivity index (χ0) is 10.1. The quantitative estimate of drug-likeness (QED) is 0.532. The van der Waals surface area contributed by atoms with Gasteiger partial charge in [0.25, 0.3) is 5.91 Å². The van der Waals surface area contributed by atoms with Gasteiger partial charge in [-0.3, -0.25) is 14.9 Å². The van der Waals surface area contributed by atoms with E-state index >= 15 is 0 Å². The molecule has 2 amide bonds. The van der Waals surface area contributed by atoms with Gasteiger partial charge in [0.05, 0.1) is 6.42 Å². The molecule has 1 aliphatic rings. The van der Waals surface area contributed by atoms with Crippen LogP contribution in [0.15, 0.2) is 22.1 Å². The zero-order valence-electron chi connectivity index (χ0n) is 7.66. The fraction of sp³-hybridized carbons (Fsp3) is 0.200. The topological polar surface area (TPSA) is 59.3 Å². The molecule has 2 heterocycles. The summed E-state index contributed by atoms with van der Waals surface area (Å²) in [5.41, 5.74) is 0.448. The molecule has 0 radical (unpaired) electrons. The molecule has 0 saturated carbocycles. The van der Waals surface area contributed by atoms with Crippen LogP contribution in [0.5, 0.6) is 0 Å². The highest BCUT2D eigenvalue weighted by atomic mass is 16.3. The summed E-state index contributed by atoms with van der Waals surface area (Å²) in [6.07, 6.45) is 1.73. The molecule has 1 aliphatic heterocycles. The van der Waals surface area contributed by atoms with E-state index in [1.54, 1.807) is 18.2 Å². The van der Waals surface area contributed by atoms with Crippen LogP contribution in [0.3, 0.4) is 0 Å². The maximum Gasteiger partial charge on any atom is 0.254 e. The molecule has 1 aromatic heterocycles. The molecular weight excluding hydrogens is 182 g/mol. The average Bonchev–Trinajstić information content (AvgIpc) is 2.61. The summed E-state index contributed by atoms with van der Waals surface area (Å²) >= 11 is 0. The lowest BCUT2D eigenvalue weighted by Crippen LogP contribution is -2.19. The Morgan fingerprint density at radius 1 is 1.43 bits per heavy atom. The van der Waals surface area contributed by atoms with E-state index in [0.717, 1.165) is 5.76 Å². The third-order valence-electron chi connectivity index (χ3n) is 1.97. The molecule has 1 fully saturated rings. The molecule has 0 unspecified atom stereocenters. The number of carbonyl (C=O) groups is 2. The lowest BCUT2D eigenvalue weighted by Gasteiger charge is -1.89. The van der Waals surface area contributed by atoms with Crippen LogP contribution in [0.25, 0.3) is 6.08 Å². The van der Waals surface area contributed by atoms with E-state index in [4.69, 9.17) is 4.42 Å². The van der Waals surface area contributed by atoms with Gasteiger partial charge in [-0.25, -0.2) is 0 Å². The van der Waals surface area contributed by atoms with Crippen LogP contribution in [0.2, 0.25) is 0 Å². The first-order valence-corrected chi connectivity index (χ1v) is 4.26. The Kier molecular flexibility index (Phi) is 1.96. The minimum absolute atomic E-state index is 0.137. The van der Waals surface area contributed by atoms with Crippen LogP contribution in [0, 0.1) is 6.92 Å². The Morgan fingerprint density at radius 3 is 2.71 bits per heavy atom. The molecule has 14 heavy (non-hydrogen) atoms. The first-order chi connectivity index (χ1) is 6.65. The van der Waals surface area contributed by atoms with Crippen LogP contribution in [0.1, 0.15) is 17.9 Å². The Morgan fingerprint density at radius 2 is 2.21 bits per heavy atom. The number of rotatable bonds is 1. The smallest absolute Gasteiger partial charge is 0.254 e. The Labute approximate surface area is 80.6 Å². The van der Waals surface area contributed by atoms with Crippen molar-refractivity contribution in [2.75, 3.05) is 0 Å². The normalized spacial score (nSPS) is 19.1. The van der Waals surface area contributed by atoms with Crippen molar-refractivity contribution in [2.45, 2.75) is 13.3 Å². The third kappa shape index (κ3) is 1.59. The minimum atomic E-state index is -0.330. The molecule has 0 atom stereocenters. The van der Waals surface area contributed by atoms with Crippen molar-refractivity contribution < 1.29 is 14.0 Å². The largest absolute Gasteiger partial charge is 0.462 e. The van der Waals surface area contributed by atoms with Crippen molar-refractivity contribution in [1.82, 2.24) is 5.32 Å². The zero-order valence-corrected chi connectivity index (χ0v) is 7.66. The summed E-state index contributed by atoms with van der Waals surface area (Å²) < 4.78 is 5.26. The highest BCUT2D eigenvalue weighted by Crippen LogP contribution is 2.16. The van der Waals surface area contributed by atoms with Crippen molar-refractivity contribution >= 4 is 17.9 Å². The molecule has 1 N–H and O–H groups in total. The third-order valence-corrected chi connectivity index (χ3v) is 1.97. The molecule has 4 nitrogen and oxygen atoms in total. The second-order valence-electron chi connectivity index (χ2n) is 3.17. The maximum atomic E-state index is 11.2. The molecule has 72 valence electrons. The van der Waals surface area contributed by atoms with E-state index in [2.05, 4.69) is 5.32 Å². The lowest BCUT2D eigenvalue weighted by molar-refractivity contribution is -0.124. The van der Waals surface area contributed by atoms with Gasteiger partial charge in [-0.1, -0.05) is 0 Å². The molecule has 2 rings (SSSR count). The number of aryl methyl sites for hydroxylation is 1. The second kappa shape index (κ2) is 3.14. The van der Waals surface area contributed by atoms with Gasteiger partial charge in [-0.05, 0) is 25.1 Å². The van der Waals surface area contributed by atoms with Gasteiger partial charge in [0.1, 0.15) is 11.5 Å². The monoisotopic (exact) mass is 191 g/mol. The lowest BCUT2D eigenvalue weighted by atomic mass is 10.2. The van der Waals surface area contributed by atoms with Crippen LogP contribution >= 0.6 is 0 Å². The van der Waals surface area contributed by atoms with Gasteiger partial charge < -0.3 is 4.42 Å². The van der Waals surface area contributed by atoms with E-state index in [1.165, 1.54) is 0 Å². The molecule has 0 spiro atoms. The van der Waals surface area contributed by atoms with E-state index in [0.29, 0.717) is 11.3 Å². The molecular formula is C10H9NO3. The summed E-state index contributed by atoms with van der Waals surface area (Å²) in [4.78, 5) is 22.0. The molecule has 1 saturated heterocycles. The summed E-state index contributed by atoms with van der Waals surface area (Å²) in [5.74, 6) is 0.789. The van der Waals surface area contributed by atoms with E-state index in [9.17, 15) is 9.59 Å². The van der Waals surface area contributed by atoms with Crippen molar-refractivity contribution in [3.05, 3.63) is 29.2 Å². The molecule has 1 aromatic rings. The predicted molar refractivity (Wildman–Crippen MR) is 49.2 cm³/mol. The van der Waals surface area contributed by atoms with Gasteiger partial charge in [0.2, 0.25) is 5.91 Å². The van der Waals surface area contributed by atoms with Crippen LogP contribution in [0.4, 0.5) is 0 Å². The summed E-state index contributed by atoms with van der Waals surface area (Å²) in [6, 6.07) is 3.57. The predicted octanol–water partition coefficient (Wildman–Crippen LogP) is 1.02. The van der Waals surface area contributed by atoms with Crippen LogP contribution in [-0.4, -0.2) is 11.8 Å². The summed E-state index contributed by atoms with van der Waals surface area (Å²) in [6.45, 7) is 1.82. The van der Waals surface area contributed by atoms with Gasteiger partial charge in [-0.2, -0.15) is 0 Å². The molecule has 0 bridgehead atoms. The van der Waals surface area contributed by atoms with E-state index < -0.39 is 0 Å². The van der Waals surface area contributed by atoms with Gasteiger partial charge >= 0.3 is 0 Å². The summed E-state index contributed by atoms with van der Waals surface area (Å²) in [7, 11) is 0. The molecule has 0 aromatic carbocycles. The highest BCUT2D eigenvalue weighted by Gasteiger charge is 2.23. The first-order valence-electron chi connectivity index (χ1n) is 4.26. The SMILES string of the molecule is Cc1ccc(C=C2CC(=O)NC2=O)o1. The summed E-state index contributed by atoms with van der Waals surface area (Å²) in [5, 5.41) is 2.21. The number of hydrogen-bond donors (Lipinski definition) is 1. The minimum Gasteiger partial charge on any atom is -0.462 e. The number of carbonyl (C=O) groups excluding carboxylic acids is 2. The van der Waals surface area contributed by atoms with Crippen LogP contribution in [-0.2, 0) is 9.59 Å². The van der Waals surface area contributed by atoms with Gasteiger partial charge in [-0.15, -0.1) is 0 Å². The standard InChI is InChI=1S/C10H9NO3/c1-6-2-3-8(14-6)4-7-5-9(12)11-10(7)13/h2-4H,5H2,1H3,(H,11,12,13). The Bertz CT molecular complexity index is 428. The number of hydrogen-bond acceptors (Lipinski definition) is 3. The second-order valence-corrected chi connectivity index (χ2v) is 3.17. The van der Waals surface area contributed by atoms with Crippen molar-refractivity contribution in [2.24, 2.45) is 0 Å². The maximum absolute atomic E-state index is 11.2. The van der Waals surface area contributed by atoms with Crippen molar-refractivity contribution in [1.29, 1.82) is 0 Å². The molecule has 0 aliphatic carbocycles. The molecule has 4 heteroatoms. The number of imide groups is 1. The van der Waals surface area contributed by atoms with E-state index in [-0.39, 0.29) is 18.2 Å².